The van der Waals surface area contributed by atoms with Crippen LogP contribution in [0.15, 0.2) is 60.8 Å². The summed E-state index contributed by atoms with van der Waals surface area (Å²) in [6.45, 7) is 9.12. The fraction of sp³-hybridized carbons (Fsp3) is 0.560. The van der Waals surface area contributed by atoms with E-state index in [9.17, 15) is 43.5 Å². The van der Waals surface area contributed by atoms with Crippen molar-refractivity contribution in [2.75, 3.05) is 19.6 Å². The second kappa shape index (κ2) is 21.8. The molecule has 18 nitrogen and oxygen atoms in total. The Morgan fingerprint density at radius 3 is 1.56 bits per heavy atom. The van der Waals surface area contributed by atoms with Crippen molar-refractivity contribution in [3.05, 3.63) is 71.9 Å². The van der Waals surface area contributed by atoms with E-state index in [4.69, 9.17) is 0 Å². The van der Waals surface area contributed by atoms with Gasteiger partial charge in [0.25, 0.3) is 0 Å². The predicted molar refractivity (Wildman–Crippen MR) is 252 cm³/mol. The maximum absolute atomic E-state index is 15.0. The summed E-state index contributed by atoms with van der Waals surface area (Å²) in [6.07, 6.45) is 2.95. The first kappa shape index (κ1) is 49.6. The zero-order chi connectivity index (χ0) is 48.8. The molecule has 0 aliphatic carbocycles. The number of nitrogens with zero attached hydrogens (tertiary/aromatic N) is 3. The fourth-order valence-electron chi connectivity index (χ4n) is 10.2. The molecule has 7 N–H and O–H groups in total. The number of benzene rings is 2. The number of H-pyrrole nitrogens is 1. The van der Waals surface area contributed by atoms with E-state index in [-0.39, 0.29) is 57.7 Å². The maximum Gasteiger partial charge on any atom is 0.246 e. The number of aromatic amines is 1. The van der Waals surface area contributed by atoms with Crippen LogP contribution in [-0.2, 0) is 51.2 Å². The number of amides is 8. The van der Waals surface area contributed by atoms with Crippen LogP contribution in [0, 0.1) is 11.8 Å². The van der Waals surface area contributed by atoms with Crippen molar-refractivity contribution < 1.29 is 43.5 Å². The number of aliphatic hydroxyl groups is 1. The van der Waals surface area contributed by atoms with E-state index in [0.717, 1.165) is 22.0 Å². The van der Waals surface area contributed by atoms with Gasteiger partial charge in [-0.3, -0.25) is 38.4 Å². The lowest BCUT2D eigenvalue weighted by Crippen LogP contribution is -2.63. The van der Waals surface area contributed by atoms with Gasteiger partial charge in [-0.15, -0.1) is 0 Å². The van der Waals surface area contributed by atoms with E-state index >= 15 is 0 Å². The highest BCUT2D eigenvalue weighted by Crippen LogP contribution is 2.27. The van der Waals surface area contributed by atoms with E-state index in [1.807, 2.05) is 68.4 Å². The Morgan fingerprint density at radius 1 is 0.544 bits per heavy atom. The van der Waals surface area contributed by atoms with Gasteiger partial charge in [0, 0.05) is 49.6 Å². The quantitative estimate of drug-likeness (QED) is 0.173. The summed E-state index contributed by atoms with van der Waals surface area (Å²) in [6, 6.07) is 7.55. The molecule has 9 atom stereocenters. The highest BCUT2D eigenvalue weighted by atomic mass is 16.3. The van der Waals surface area contributed by atoms with Crippen molar-refractivity contribution >= 4 is 58.2 Å². The first-order valence-corrected chi connectivity index (χ1v) is 24.2. The number of aromatic nitrogens is 1. The third kappa shape index (κ3) is 11.2. The summed E-state index contributed by atoms with van der Waals surface area (Å²) in [5.74, 6) is -5.43. The predicted octanol–water partition coefficient (Wildman–Crippen LogP) is 1.45. The van der Waals surface area contributed by atoms with Crippen molar-refractivity contribution in [3.8, 4) is 0 Å². The molecule has 4 aliphatic rings. The van der Waals surface area contributed by atoms with E-state index in [1.54, 1.807) is 20.0 Å². The third-order valence-corrected chi connectivity index (χ3v) is 13.8. The van der Waals surface area contributed by atoms with Crippen LogP contribution < -0.4 is 26.6 Å². The standard InChI is InChI=1S/C50H67N9O9/c1-28(2)24-35-43(61)56-42(30(5)60)47(65)55-41(29(3)4)50(68)59-23-13-20-40(59)46(64)54-37(26-32-27-51-34-17-10-9-16-33(32)34)49(67)58-22-12-19-39(58)45(63)53-36(25-31-14-7-6-8-15-31)48(66)57-21-11-18-38(57)44(62)52-35/h6-10,14-17,27-30,35-42,51,60H,11-13,18-26H2,1-5H3,(H,52,62)(H,53,63)(H,54,64)(H,55,65)(H,56,61). The highest BCUT2D eigenvalue weighted by Gasteiger charge is 2.45. The summed E-state index contributed by atoms with van der Waals surface area (Å²) < 4.78 is 0. The number of carbonyl (C=O) groups excluding carboxylic acids is 8. The molecule has 3 aromatic rings. The maximum atomic E-state index is 15.0. The van der Waals surface area contributed by atoms with Gasteiger partial charge in [-0.25, -0.2) is 0 Å². The molecule has 18 heteroatoms. The number of fused-ring (bicyclic) bond motifs is 4. The van der Waals surface area contributed by atoms with Crippen LogP contribution in [-0.4, -0.2) is 146 Å². The first-order valence-electron chi connectivity index (χ1n) is 24.2. The Bertz CT molecular complexity index is 2350. The molecule has 5 heterocycles. The Labute approximate surface area is 397 Å². The Kier molecular flexibility index (Phi) is 15.9. The molecule has 0 spiro atoms. The van der Waals surface area contributed by atoms with Gasteiger partial charge < -0.3 is 51.4 Å². The molecule has 4 aliphatic heterocycles. The average Bonchev–Trinajstić information content (AvgIpc) is 4.16. The molecule has 68 heavy (non-hydrogen) atoms. The van der Waals surface area contributed by atoms with Crippen molar-refractivity contribution in [2.45, 2.75) is 147 Å². The molecule has 9 unspecified atom stereocenters. The van der Waals surface area contributed by atoms with Crippen molar-refractivity contribution in [1.29, 1.82) is 0 Å². The fourth-order valence-corrected chi connectivity index (χ4v) is 10.2. The molecule has 4 saturated heterocycles. The Balaban J connectivity index is 1.27. The summed E-state index contributed by atoms with van der Waals surface area (Å²) in [7, 11) is 0. The smallest absolute Gasteiger partial charge is 0.246 e. The SMILES string of the molecule is CC(C)CC1NC(=O)C2CCCN2C(=O)C(Cc2ccccc2)NC(=O)C2CCCN2C(=O)C(Cc2c[nH]c3ccccc23)NC(=O)C2CCCN2C(=O)C(C(C)C)NC(=O)C(C(C)O)NC1=O. The van der Waals surface area contributed by atoms with E-state index in [1.165, 1.54) is 21.6 Å². The molecule has 0 radical (unpaired) electrons. The van der Waals surface area contributed by atoms with Gasteiger partial charge >= 0.3 is 0 Å². The summed E-state index contributed by atoms with van der Waals surface area (Å²) in [5.41, 5.74) is 2.34. The molecule has 2 aromatic carbocycles. The second-order valence-electron chi connectivity index (χ2n) is 19.6. The number of nitrogens with one attached hydrogen (secondary N) is 6. The van der Waals surface area contributed by atoms with Gasteiger partial charge in [0.2, 0.25) is 47.3 Å². The minimum absolute atomic E-state index is 0.0583. The van der Waals surface area contributed by atoms with Crippen LogP contribution in [0.25, 0.3) is 10.9 Å². The van der Waals surface area contributed by atoms with Crippen LogP contribution in [0.4, 0.5) is 0 Å². The molecular formula is C50H67N9O9. The monoisotopic (exact) mass is 938 g/mol. The molecule has 7 rings (SSSR count). The number of hydrogen-bond acceptors (Lipinski definition) is 9. The van der Waals surface area contributed by atoms with E-state index in [2.05, 4.69) is 31.6 Å². The average molecular weight is 938 g/mol. The molecule has 1 aromatic heterocycles. The van der Waals surface area contributed by atoms with Crippen LogP contribution in [0.5, 0.6) is 0 Å². The van der Waals surface area contributed by atoms with Gasteiger partial charge in [0.1, 0.15) is 48.3 Å². The third-order valence-electron chi connectivity index (χ3n) is 13.8. The van der Waals surface area contributed by atoms with Gasteiger partial charge in [-0.1, -0.05) is 76.2 Å². The van der Waals surface area contributed by atoms with Crippen molar-refractivity contribution in [2.24, 2.45) is 11.8 Å². The first-order chi connectivity index (χ1) is 32.5. The normalized spacial score (nSPS) is 27.9. The highest BCUT2D eigenvalue weighted by molar-refractivity contribution is 6.00. The number of hydrogen-bond donors (Lipinski definition) is 7. The lowest BCUT2D eigenvalue weighted by molar-refractivity contribution is -0.146. The number of carbonyl (C=O) groups is 8. The second-order valence-corrected chi connectivity index (χ2v) is 19.6. The van der Waals surface area contributed by atoms with Gasteiger partial charge in [-0.05, 0) is 80.9 Å². The topological polar surface area (TPSA) is 242 Å². The van der Waals surface area contributed by atoms with Crippen LogP contribution in [0.3, 0.4) is 0 Å². The van der Waals surface area contributed by atoms with Crippen molar-refractivity contribution in [1.82, 2.24) is 46.3 Å². The van der Waals surface area contributed by atoms with Crippen LogP contribution in [0.2, 0.25) is 0 Å². The Morgan fingerprint density at radius 2 is 1.03 bits per heavy atom. The molecule has 366 valence electrons. The lowest BCUT2D eigenvalue weighted by Gasteiger charge is -2.34. The minimum atomic E-state index is -1.54. The zero-order valence-electron chi connectivity index (χ0n) is 39.7. The van der Waals surface area contributed by atoms with Crippen molar-refractivity contribution in [3.63, 3.8) is 0 Å². The number of rotatable bonds is 8. The molecule has 0 bridgehead atoms. The molecule has 0 saturated carbocycles. The largest absolute Gasteiger partial charge is 0.391 e. The summed E-state index contributed by atoms with van der Waals surface area (Å²) in [4.78, 5) is 123. The van der Waals surface area contributed by atoms with Crippen LogP contribution in [0.1, 0.15) is 90.7 Å². The number of aliphatic hydroxyl groups excluding tert-OH is 1. The Hall–Kier alpha value is -6.30. The molecule has 8 amide bonds. The minimum Gasteiger partial charge on any atom is -0.391 e. The van der Waals surface area contributed by atoms with Crippen LogP contribution >= 0.6 is 0 Å². The van der Waals surface area contributed by atoms with Gasteiger partial charge in [0.15, 0.2) is 0 Å². The molecule has 4 fully saturated rings. The molecular weight excluding hydrogens is 871 g/mol. The zero-order valence-corrected chi connectivity index (χ0v) is 39.7. The van der Waals surface area contributed by atoms with Gasteiger partial charge in [-0.2, -0.15) is 0 Å². The summed E-state index contributed by atoms with van der Waals surface area (Å²) >= 11 is 0. The van der Waals surface area contributed by atoms with Gasteiger partial charge in [0.05, 0.1) is 6.10 Å². The van der Waals surface area contributed by atoms with E-state index < -0.39 is 108 Å². The lowest BCUT2D eigenvalue weighted by atomic mass is 9.99. The van der Waals surface area contributed by atoms with E-state index in [0.29, 0.717) is 25.7 Å². The summed E-state index contributed by atoms with van der Waals surface area (Å²) in [5, 5.41) is 25.9. The number of para-hydroxylation sites is 1.